The van der Waals surface area contributed by atoms with Gasteiger partial charge in [0.15, 0.2) is 0 Å². The number of carbonyl (C=O) groups excluding carboxylic acids is 1. The SMILES string of the molecule is COCC(c1ccccn1)N(C)C(=O)Nc1ccc2c(c1)CCC2. The van der Waals surface area contributed by atoms with Crippen molar-refractivity contribution in [1.29, 1.82) is 0 Å². The lowest BCUT2D eigenvalue weighted by Crippen LogP contribution is -2.37. The lowest BCUT2D eigenvalue weighted by molar-refractivity contribution is 0.119. The third kappa shape index (κ3) is 3.57. The van der Waals surface area contributed by atoms with Crippen LogP contribution in [0.2, 0.25) is 0 Å². The summed E-state index contributed by atoms with van der Waals surface area (Å²) in [5.74, 6) is 0. The number of amides is 2. The van der Waals surface area contributed by atoms with Crippen LogP contribution >= 0.6 is 0 Å². The Kier molecular flexibility index (Phi) is 5.11. The van der Waals surface area contributed by atoms with E-state index in [-0.39, 0.29) is 12.1 Å². The fraction of sp³-hybridized carbons (Fsp3) is 0.368. The Bertz CT molecular complexity index is 703. The minimum Gasteiger partial charge on any atom is -0.382 e. The summed E-state index contributed by atoms with van der Waals surface area (Å²) in [6.45, 7) is 0.394. The summed E-state index contributed by atoms with van der Waals surface area (Å²) in [6, 6.07) is 11.5. The molecule has 1 aromatic carbocycles. The molecule has 1 atom stereocenters. The number of carbonyl (C=O) groups is 1. The summed E-state index contributed by atoms with van der Waals surface area (Å²) in [5, 5.41) is 2.98. The minimum absolute atomic E-state index is 0.166. The smallest absolute Gasteiger partial charge is 0.322 e. The number of nitrogens with zero attached hydrogens (tertiary/aromatic N) is 2. The molecule has 0 saturated heterocycles. The van der Waals surface area contributed by atoms with Crippen LogP contribution in [0, 0.1) is 0 Å². The number of methoxy groups -OCH3 is 1. The van der Waals surface area contributed by atoms with Gasteiger partial charge in [-0.1, -0.05) is 12.1 Å². The quantitative estimate of drug-likeness (QED) is 0.916. The molecule has 1 unspecified atom stereocenters. The predicted molar refractivity (Wildman–Crippen MR) is 94.1 cm³/mol. The van der Waals surface area contributed by atoms with Crippen molar-refractivity contribution >= 4 is 11.7 Å². The average molecular weight is 325 g/mol. The van der Waals surface area contributed by atoms with Gasteiger partial charge in [0.1, 0.15) is 0 Å². The monoisotopic (exact) mass is 325 g/mol. The molecule has 2 aromatic rings. The second-order valence-electron chi connectivity index (χ2n) is 6.10. The number of benzene rings is 1. The molecule has 5 heteroatoms. The van der Waals surface area contributed by atoms with Crippen LogP contribution in [0.4, 0.5) is 10.5 Å². The Morgan fingerprint density at radius 1 is 1.29 bits per heavy atom. The zero-order valence-electron chi connectivity index (χ0n) is 14.2. The van der Waals surface area contributed by atoms with Gasteiger partial charge >= 0.3 is 6.03 Å². The lowest BCUT2D eigenvalue weighted by atomic mass is 10.1. The Hall–Kier alpha value is -2.40. The van der Waals surface area contributed by atoms with Gasteiger partial charge in [0, 0.05) is 26.0 Å². The molecule has 0 bridgehead atoms. The highest BCUT2D eigenvalue weighted by atomic mass is 16.5. The molecule has 0 radical (unpaired) electrons. The van der Waals surface area contributed by atoms with Crippen molar-refractivity contribution in [1.82, 2.24) is 9.88 Å². The van der Waals surface area contributed by atoms with E-state index >= 15 is 0 Å². The molecule has 0 spiro atoms. The molecular formula is C19H23N3O2. The number of urea groups is 1. The van der Waals surface area contributed by atoms with Gasteiger partial charge in [0.2, 0.25) is 0 Å². The number of pyridine rings is 1. The molecule has 0 saturated carbocycles. The third-order valence-electron chi connectivity index (χ3n) is 4.49. The largest absolute Gasteiger partial charge is 0.382 e. The van der Waals surface area contributed by atoms with Crippen LogP contribution in [-0.2, 0) is 17.6 Å². The molecule has 126 valence electrons. The summed E-state index contributed by atoms with van der Waals surface area (Å²) >= 11 is 0. The zero-order valence-corrected chi connectivity index (χ0v) is 14.2. The fourth-order valence-electron chi connectivity index (χ4n) is 3.13. The Balaban J connectivity index is 1.73. The molecule has 0 aliphatic heterocycles. The van der Waals surface area contributed by atoms with Crippen molar-refractivity contribution < 1.29 is 9.53 Å². The van der Waals surface area contributed by atoms with Gasteiger partial charge in [-0.25, -0.2) is 4.79 Å². The van der Waals surface area contributed by atoms with Crippen LogP contribution in [0.5, 0.6) is 0 Å². The van der Waals surface area contributed by atoms with Gasteiger partial charge in [-0.15, -0.1) is 0 Å². The summed E-state index contributed by atoms with van der Waals surface area (Å²) in [7, 11) is 3.39. The molecule has 3 rings (SSSR count). The van der Waals surface area contributed by atoms with E-state index < -0.39 is 0 Å². The number of hydrogen-bond acceptors (Lipinski definition) is 3. The van der Waals surface area contributed by atoms with Crippen LogP contribution in [-0.4, -0.2) is 36.7 Å². The van der Waals surface area contributed by atoms with Crippen LogP contribution < -0.4 is 5.32 Å². The first-order valence-corrected chi connectivity index (χ1v) is 8.24. The van der Waals surface area contributed by atoms with E-state index in [1.165, 1.54) is 17.5 Å². The van der Waals surface area contributed by atoms with Crippen molar-refractivity contribution in [2.45, 2.75) is 25.3 Å². The highest BCUT2D eigenvalue weighted by Crippen LogP contribution is 2.25. The van der Waals surface area contributed by atoms with Crippen molar-refractivity contribution in [2.75, 3.05) is 26.1 Å². The molecule has 24 heavy (non-hydrogen) atoms. The van der Waals surface area contributed by atoms with Crippen LogP contribution in [0.3, 0.4) is 0 Å². The van der Waals surface area contributed by atoms with E-state index in [4.69, 9.17) is 4.74 Å². The molecule has 1 N–H and O–H groups in total. The van der Waals surface area contributed by atoms with E-state index in [1.807, 2.05) is 24.3 Å². The van der Waals surface area contributed by atoms with E-state index in [9.17, 15) is 4.79 Å². The first kappa shape index (κ1) is 16.5. The fourth-order valence-corrected chi connectivity index (χ4v) is 3.13. The maximum atomic E-state index is 12.6. The van der Waals surface area contributed by atoms with Gasteiger partial charge in [0.05, 0.1) is 18.3 Å². The molecule has 0 fully saturated rings. The number of fused-ring (bicyclic) bond motifs is 1. The van der Waals surface area contributed by atoms with Crippen molar-refractivity contribution in [3.05, 3.63) is 59.4 Å². The first-order chi connectivity index (χ1) is 11.7. The lowest BCUT2D eigenvalue weighted by Gasteiger charge is -2.27. The van der Waals surface area contributed by atoms with Crippen molar-refractivity contribution in [2.24, 2.45) is 0 Å². The zero-order chi connectivity index (χ0) is 16.9. The number of hydrogen-bond donors (Lipinski definition) is 1. The molecule has 1 aliphatic carbocycles. The van der Waals surface area contributed by atoms with Crippen LogP contribution in [0.15, 0.2) is 42.6 Å². The van der Waals surface area contributed by atoms with Gasteiger partial charge < -0.3 is 15.0 Å². The minimum atomic E-state index is -0.231. The Morgan fingerprint density at radius 2 is 2.12 bits per heavy atom. The highest BCUT2D eigenvalue weighted by molar-refractivity contribution is 5.89. The molecule has 1 aromatic heterocycles. The summed E-state index contributed by atoms with van der Waals surface area (Å²) < 4.78 is 5.28. The molecule has 2 amide bonds. The first-order valence-electron chi connectivity index (χ1n) is 8.24. The summed E-state index contributed by atoms with van der Waals surface area (Å²) in [5.41, 5.74) is 4.39. The standard InChI is InChI=1S/C19H23N3O2/c1-22(18(13-24-2)17-8-3-4-11-20-17)19(23)21-16-10-9-14-6-5-7-15(14)12-16/h3-4,8-12,18H,5-7,13H2,1-2H3,(H,21,23). The van der Waals surface area contributed by atoms with Gasteiger partial charge in [-0.05, 0) is 54.7 Å². The maximum Gasteiger partial charge on any atom is 0.322 e. The maximum absolute atomic E-state index is 12.6. The van der Waals surface area contributed by atoms with Crippen LogP contribution in [0.1, 0.15) is 29.3 Å². The molecular weight excluding hydrogens is 302 g/mol. The Labute approximate surface area is 142 Å². The van der Waals surface area contributed by atoms with Gasteiger partial charge in [-0.3, -0.25) is 4.98 Å². The average Bonchev–Trinajstić information content (AvgIpc) is 3.07. The topological polar surface area (TPSA) is 54.5 Å². The molecule has 1 aliphatic rings. The summed E-state index contributed by atoms with van der Waals surface area (Å²) in [6.07, 6.45) is 5.15. The number of anilines is 1. The molecule has 1 heterocycles. The highest BCUT2D eigenvalue weighted by Gasteiger charge is 2.23. The normalized spacial score (nSPS) is 14.1. The van der Waals surface area contributed by atoms with Gasteiger partial charge in [-0.2, -0.15) is 0 Å². The van der Waals surface area contributed by atoms with E-state index in [1.54, 1.807) is 25.3 Å². The van der Waals surface area contributed by atoms with Crippen LogP contribution in [0.25, 0.3) is 0 Å². The number of ether oxygens (including phenoxy) is 1. The number of nitrogens with one attached hydrogen (secondary N) is 1. The molecule has 5 nitrogen and oxygen atoms in total. The predicted octanol–water partition coefficient (Wildman–Crippen LogP) is 3.42. The number of rotatable bonds is 5. The van der Waals surface area contributed by atoms with Gasteiger partial charge in [0.25, 0.3) is 0 Å². The van der Waals surface area contributed by atoms with E-state index in [0.717, 1.165) is 24.2 Å². The number of aromatic nitrogens is 1. The van der Waals surface area contributed by atoms with E-state index in [2.05, 4.69) is 22.4 Å². The second kappa shape index (κ2) is 7.45. The van der Waals surface area contributed by atoms with Crippen molar-refractivity contribution in [3.8, 4) is 0 Å². The van der Waals surface area contributed by atoms with Crippen molar-refractivity contribution in [3.63, 3.8) is 0 Å². The number of aryl methyl sites for hydroxylation is 2. The Morgan fingerprint density at radius 3 is 2.88 bits per heavy atom. The third-order valence-corrected chi connectivity index (χ3v) is 4.49. The summed E-state index contributed by atoms with van der Waals surface area (Å²) in [4.78, 5) is 18.6. The van der Waals surface area contributed by atoms with E-state index in [0.29, 0.717) is 6.61 Å². The second-order valence-corrected chi connectivity index (χ2v) is 6.10. The number of likely N-dealkylation sites (N-methyl/N-ethyl adjacent to an activating group) is 1.